The van der Waals surface area contributed by atoms with Crippen LogP contribution in [0.5, 0.6) is 0 Å². The average molecular weight is 274 g/mol. The largest absolute Gasteiger partial charge is 0.393 e. The third-order valence-corrected chi connectivity index (χ3v) is 7.25. The van der Waals surface area contributed by atoms with Gasteiger partial charge in [-0.2, -0.15) is 0 Å². The van der Waals surface area contributed by atoms with Gasteiger partial charge in [0.2, 0.25) is 0 Å². The van der Waals surface area contributed by atoms with E-state index in [1.54, 1.807) is 0 Å². The van der Waals surface area contributed by atoms with Gasteiger partial charge in [-0.3, -0.25) is 4.79 Å². The minimum atomic E-state index is -0.0710. The van der Waals surface area contributed by atoms with Crippen molar-refractivity contribution >= 4 is 5.78 Å². The number of carbonyl (C=O) groups is 1. The van der Waals surface area contributed by atoms with E-state index in [4.69, 9.17) is 0 Å². The molecular formula is C18H26O2. The van der Waals surface area contributed by atoms with Gasteiger partial charge in [0.1, 0.15) is 0 Å². The van der Waals surface area contributed by atoms with E-state index in [9.17, 15) is 9.90 Å². The van der Waals surface area contributed by atoms with E-state index in [2.05, 4.69) is 6.92 Å². The molecule has 0 amide bonds. The number of carbonyl (C=O) groups excluding carboxylic acids is 1. The fourth-order valence-electron chi connectivity index (χ4n) is 6.15. The zero-order valence-corrected chi connectivity index (χ0v) is 12.5. The van der Waals surface area contributed by atoms with Gasteiger partial charge in [-0.05, 0) is 80.1 Å². The zero-order valence-electron chi connectivity index (χ0n) is 12.5. The molecule has 0 aromatic heterocycles. The lowest BCUT2D eigenvalue weighted by Crippen LogP contribution is -2.47. The van der Waals surface area contributed by atoms with Crippen molar-refractivity contribution in [3.8, 4) is 0 Å². The second-order valence-electron chi connectivity index (χ2n) is 7.94. The fraction of sp³-hybridized carbons (Fsp3) is 0.833. The Hall–Kier alpha value is -0.630. The number of ketones is 1. The van der Waals surface area contributed by atoms with Crippen LogP contribution >= 0.6 is 0 Å². The molecule has 4 rings (SSSR count). The molecule has 4 aliphatic rings. The molecule has 3 saturated carbocycles. The number of fused-ring (bicyclic) bond motifs is 5. The van der Waals surface area contributed by atoms with E-state index in [1.165, 1.54) is 31.3 Å². The molecular weight excluding hydrogens is 248 g/mol. The van der Waals surface area contributed by atoms with Crippen LogP contribution in [0.3, 0.4) is 0 Å². The third-order valence-electron chi connectivity index (χ3n) is 7.25. The number of rotatable bonds is 0. The maximum Gasteiger partial charge on any atom is 0.155 e. The summed E-state index contributed by atoms with van der Waals surface area (Å²) in [5, 5.41) is 10.4. The SMILES string of the molecule is C[C@]12CC[C@H]3[C@@H](CCC4=CC(=O)CC[C@@H]43)[C@@H]1CCC2O. The second-order valence-corrected chi connectivity index (χ2v) is 7.94. The molecule has 20 heavy (non-hydrogen) atoms. The monoisotopic (exact) mass is 274 g/mol. The third kappa shape index (κ3) is 1.70. The zero-order chi connectivity index (χ0) is 13.9. The second kappa shape index (κ2) is 4.43. The fourth-order valence-corrected chi connectivity index (χ4v) is 6.15. The van der Waals surface area contributed by atoms with Crippen LogP contribution in [0.2, 0.25) is 0 Å². The summed E-state index contributed by atoms with van der Waals surface area (Å²) in [5.41, 5.74) is 1.65. The minimum Gasteiger partial charge on any atom is -0.393 e. The van der Waals surface area contributed by atoms with E-state index in [0.717, 1.165) is 43.4 Å². The molecule has 0 aliphatic heterocycles. The highest BCUT2D eigenvalue weighted by atomic mass is 16.3. The molecule has 0 aromatic rings. The summed E-state index contributed by atoms with van der Waals surface area (Å²) in [6, 6.07) is 0. The first kappa shape index (κ1) is 13.1. The van der Waals surface area contributed by atoms with Gasteiger partial charge >= 0.3 is 0 Å². The van der Waals surface area contributed by atoms with Crippen LogP contribution in [0.4, 0.5) is 0 Å². The Morgan fingerprint density at radius 1 is 1.10 bits per heavy atom. The molecule has 0 bridgehead atoms. The summed E-state index contributed by atoms with van der Waals surface area (Å²) >= 11 is 0. The summed E-state index contributed by atoms with van der Waals surface area (Å²) in [7, 11) is 0. The van der Waals surface area contributed by atoms with Crippen LogP contribution in [0.25, 0.3) is 0 Å². The number of aliphatic hydroxyl groups is 1. The highest BCUT2D eigenvalue weighted by Gasteiger charge is 2.55. The van der Waals surface area contributed by atoms with Gasteiger partial charge in [-0.1, -0.05) is 12.5 Å². The molecule has 0 radical (unpaired) electrons. The van der Waals surface area contributed by atoms with Gasteiger partial charge in [-0.15, -0.1) is 0 Å². The van der Waals surface area contributed by atoms with Crippen molar-refractivity contribution in [2.24, 2.45) is 29.1 Å². The van der Waals surface area contributed by atoms with Crippen molar-refractivity contribution in [2.45, 2.75) is 64.4 Å². The highest BCUT2D eigenvalue weighted by Crippen LogP contribution is 2.61. The lowest BCUT2D eigenvalue weighted by Gasteiger charge is -2.53. The standard InChI is InChI=1S/C18H26O2/c1-18-9-8-14-13-5-3-12(19)10-11(13)2-4-15(14)16(18)6-7-17(18)20/h10,13-17,20H,2-9H2,1H3/t13-,14+,15+,16-,17?,18-/m0/s1. The van der Waals surface area contributed by atoms with E-state index < -0.39 is 0 Å². The normalized spacial score (nSPS) is 51.0. The lowest BCUT2D eigenvalue weighted by atomic mass is 9.52. The van der Waals surface area contributed by atoms with Crippen molar-refractivity contribution in [2.75, 3.05) is 0 Å². The first-order valence-corrected chi connectivity index (χ1v) is 8.51. The Labute approximate surface area is 121 Å². The van der Waals surface area contributed by atoms with Crippen LogP contribution in [0.15, 0.2) is 11.6 Å². The topological polar surface area (TPSA) is 37.3 Å². The Bertz CT molecular complexity index is 466. The quantitative estimate of drug-likeness (QED) is 0.734. The molecule has 6 atom stereocenters. The molecule has 110 valence electrons. The van der Waals surface area contributed by atoms with Crippen LogP contribution in [0.1, 0.15) is 58.3 Å². The molecule has 1 unspecified atom stereocenters. The Balaban J connectivity index is 1.63. The van der Waals surface area contributed by atoms with Crippen LogP contribution in [0, 0.1) is 29.1 Å². The molecule has 0 spiro atoms. The van der Waals surface area contributed by atoms with E-state index in [1.807, 2.05) is 6.08 Å². The van der Waals surface area contributed by atoms with Crippen LogP contribution in [-0.4, -0.2) is 17.0 Å². The number of aliphatic hydroxyl groups excluding tert-OH is 1. The van der Waals surface area contributed by atoms with Gasteiger partial charge in [0.15, 0.2) is 5.78 Å². The molecule has 2 heteroatoms. The van der Waals surface area contributed by atoms with Gasteiger partial charge in [0, 0.05) is 6.42 Å². The van der Waals surface area contributed by atoms with Crippen LogP contribution in [-0.2, 0) is 4.79 Å². The molecule has 2 nitrogen and oxygen atoms in total. The van der Waals surface area contributed by atoms with Crippen molar-refractivity contribution in [1.82, 2.24) is 0 Å². The Morgan fingerprint density at radius 3 is 2.80 bits per heavy atom. The van der Waals surface area contributed by atoms with Gasteiger partial charge in [0.05, 0.1) is 6.10 Å². The van der Waals surface area contributed by atoms with Gasteiger partial charge < -0.3 is 5.11 Å². The molecule has 0 saturated heterocycles. The summed E-state index contributed by atoms with van der Waals surface area (Å²) in [5.74, 6) is 3.38. The van der Waals surface area contributed by atoms with E-state index in [-0.39, 0.29) is 11.5 Å². The summed E-state index contributed by atoms with van der Waals surface area (Å²) < 4.78 is 0. The first-order chi connectivity index (χ1) is 9.59. The molecule has 3 fully saturated rings. The first-order valence-electron chi connectivity index (χ1n) is 8.51. The maximum absolute atomic E-state index is 11.6. The number of hydrogen-bond acceptors (Lipinski definition) is 2. The van der Waals surface area contributed by atoms with E-state index in [0.29, 0.717) is 11.7 Å². The summed E-state index contributed by atoms with van der Waals surface area (Å²) in [6.07, 6.45) is 10.9. The molecule has 0 aromatic carbocycles. The number of allylic oxidation sites excluding steroid dienone is 1. The molecule has 0 heterocycles. The Morgan fingerprint density at radius 2 is 1.95 bits per heavy atom. The van der Waals surface area contributed by atoms with E-state index >= 15 is 0 Å². The molecule has 1 N–H and O–H groups in total. The molecule has 4 aliphatic carbocycles. The lowest BCUT2D eigenvalue weighted by molar-refractivity contribution is -0.116. The summed E-state index contributed by atoms with van der Waals surface area (Å²) in [6.45, 7) is 2.33. The van der Waals surface area contributed by atoms with Crippen molar-refractivity contribution in [1.29, 1.82) is 0 Å². The van der Waals surface area contributed by atoms with Crippen molar-refractivity contribution in [3.05, 3.63) is 11.6 Å². The van der Waals surface area contributed by atoms with Crippen LogP contribution < -0.4 is 0 Å². The predicted octanol–water partition coefficient (Wildman–Crippen LogP) is 3.49. The minimum absolute atomic E-state index is 0.0710. The smallest absolute Gasteiger partial charge is 0.155 e. The Kier molecular flexibility index (Phi) is 2.89. The predicted molar refractivity (Wildman–Crippen MR) is 78.1 cm³/mol. The van der Waals surface area contributed by atoms with Crippen molar-refractivity contribution < 1.29 is 9.90 Å². The van der Waals surface area contributed by atoms with Gasteiger partial charge in [0.25, 0.3) is 0 Å². The van der Waals surface area contributed by atoms with Crippen molar-refractivity contribution in [3.63, 3.8) is 0 Å². The number of hydrogen-bond donors (Lipinski definition) is 1. The highest BCUT2D eigenvalue weighted by molar-refractivity contribution is 5.91. The summed E-state index contributed by atoms with van der Waals surface area (Å²) in [4.78, 5) is 11.6. The van der Waals surface area contributed by atoms with Gasteiger partial charge in [-0.25, -0.2) is 0 Å². The maximum atomic E-state index is 11.6. The average Bonchev–Trinajstić information content (AvgIpc) is 2.74.